The molecule has 2 nitrogen and oxygen atoms in total. The van der Waals surface area contributed by atoms with Gasteiger partial charge in [0.25, 0.3) is 0 Å². The fourth-order valence-electron chi connectivity index (χ4n) is 2.96. The number of Topliss-reactive ketones (excluding diaryl/α,β-unsaturated/α-hetero) is 1. The van der Waals surface area contributed by atoms with Crippen molar-refractivity contribution in [3.63, 3.8) is 0 Å². The highest BCUT2D eigenvalue weighted by molar-refractivity contribution is 5.99. The van der Waals surface area contributed by atoms with Crippen LogP contribution in [0.1, 0.15) is 53.9 Å². The van der Waals surface area contributed by atoms with Crippen molar-refractivity contribution in [3.8, 4) is 0 Å². The van der Waals surface area contributed by atoms with Gasteiger partial charge >= 0.3 is 0 Å². The minimum Gasteiger partial charge on any atom is -0.381 e. The van der Waals surface area contributed by atoms with E-state index in [1.54, 1.807) is 0 Å². The quantitative estimate of drug-likeness (QED) is 0.760. The number of rotatable bonds is 3. The van der Waals surface area contributed by atoms with E-state index in [9.17, 15) is 4.79 Å². The van der Waals surface area contributed by atoms with Gasteiger partial charge in [-0.1, -0.05) is 30.7 Å². The van der Waals surface area contributed by atoms with Crippen LogP contribution in [0.15, 0.2) is 24.3 Å². The molecule has 1 aliphatic heterocycles. The zero-order valence-electron chi connectivity index (χ0n) is 10.7. The van der Waals surface area contributed by atoms with Crippen molar-refractivity contribution in [1.82, 2.24) is 0 Å². The fourth-order valence-corrected chi connectivity index (χ4v) is 2.96. The Morgan fingerprint density at radius 1 is 1.11 bits per heavy atom. The van der Waals surface area contributed by atoms with Gasteiger partial charge in [-0.15, -0.1) is 0 Å². The second-order valence-corrected chi connectivity index (χ2v) is 5.49. The molecule has 1 aromatic carbocycles. The predicted molar refractivity (Wildman–Crippen MR) is 70.9 cm³/mol. The Balaban J connectivity index is 1.83. The Morgan fingerprint density at radius 2 is 1.94 bits per heavy atom. The van der Waals surface area contributed by atoms with Gasteiger partial charge in [-0.25, -0.2) is 0 Å². The predicted octanol–water partition coefficient (Wildman–Crippen LogP) is 3.56. The molecule has 0 radical (unpaired) electrons. The third kappa shape index (κ3) is 2.22. The molecule has 1 heterocycles. The molecular weight excluding hydrogens is 224 g/mol. The van der Waals surface area contributed by atoms with E-state index in [0.717, 1.165) is 25.0 Å². The van der Waals surface area contributed by atoms with Crippen LogP contribution in [-0.2, 0) is 4.74 Å². The van der Waals surface area contributed by atoms with E-state index in [1.807, 2.05) is 12.1 Å². The zero-order valence-corrected chi connectivity index (χ0v) is 10.7. The summed E-state index contributed by atoms with van der Waals surface area (Å²) in [6.45, 7) is 1.42. The summed E-state index contributed by atoms with van der Waals surface area (Å²) in [5.41, 5.74) is 2.23. The van der Waals surface area contributed by atoms with Gasteiger partial charge in [0.05, 0.1) is 6.61 Å². The number of carbonyl (C=O) groups excluding carboxylic acids is 1. The van der Waals surface area contributed by atoms with Crippen LogP contribution in [-0.4, -0.2) is 19.0 Å². The first kappa shape index (κ1) is 11.9. The largest absolute Gasteiger partial charge is 0.381 e. The molecule has 1 atom stereocenters. The third-order valence-corrected chi connectivity index (χ3v) is 4.30. The molecule has 1 aromatic rings. The van der Waals surface area contributed by atoms with Crippen molar-refractivity contribution in [1.29, 1.82) is 0 Å². The Morgan fingerprint density at radius 3 is 2.61 bits per heavy atom. The molecule has 0 aromatic heterocycles. The summed E-state index contributed by atoms with van der Waals surface area (Å²) in [5, 5.41) is 0. The van der Waals surface area contributed by atoms with Crippen molar-refractivity contribution in [3.05, 3.63) is 35.4 Å². The van der Waals surface area contributed by atoms with Gasteiger partial charge in [0.2, 0.25) is 0 Å². The molecule has 0 bridgehead atoms. The van der Waals surface area contributed by atoms with Crippen molar-refractivity contribution in [2.24, 2.45) is 5.92 Å². The summed E-state index contributed by atoms with van der Waals surface area (Å²) in [7, 11) is 0. The number of hydrogen-bond donors (Lipinski definition) is 0. The normalized spacial score (nSPS) is 24.6. The summed E-state index contributed by atoms with van der Waals surface area (Å²) >= 11 is 0. The summed E-state index contributed by atoms with van der Waals surface area (Å²) in [6.07, 6.45) is 5.79. The van der Waals surface area contributed by atoms with Gasteiger partial charge in [-0.3, -0.25) is 4.79 Å². The molecule has 2 aliphatic rings. The van der Waals surface area contributed by atoms with E-state index in [1.165, 1.54) is 24.8 Å². The first-order chi connectivity index (χ1) is 8.86. The van der Waals surface area contributed by atoms with Crippen molar-refractivity contribution < 1.29 is 9.53 Å². The van der Waals surface area contributed by atoms with E-state index in [-0.39, 0.29) is 5.92 Å². The van der Waals surface area contributed by atoms with Crippen LogP contribution in [0.5, 0.6) is 0 Å². The van der Waals surface area contributed by atoms with Crippen LogP contribution in [0, 0.1) is 5.92 Å². The molecule has 1 saturated heterocycles. The zero-order chi connectivity index (χ0) is 12.4. The van der Waals surface area contributed by atoms with Crippen molar-refractivity contribution >= 4 is 5.78 Å². The topological polar surface area (TPSA) is 26.3 Å². The third-order valence-electron chi connectivity index (χ3n) is 4.30. The summed E-state index contributed by atoms with van der Waals surface area (Å²) < 4.78 is 5.44. The van der Waals surface area contributed by atoms with Crippen LogP contribution in [0.25, 0.3) is 0 Å². The van der Waals surface area contributed by atoms with E-state index < -0.39 is 0 Å². The SMILES string of the molecule is O=C(c1ccccc1C1CCC1)C1CCCOC1. The average molecular weight is 244 g/mol. The summed E-state index contributed by atoms with van der Waals surface area (Å²) in [4.78, 5) is 12.6. The maximum Gasteiger partial charge on any atom is 0.168 e. The molecule has 1 saturated carbocycles. The standard InChI is InChI=1S/C16H20O2/c17-16(13-7-4-10-18-11-13)15-9-2-1-8-14(15)12-5-3-6-12/h1-2,8-9,12-13H,3-7,10-11H2. The van der Waals surface area contributed by atoms with Crippen LogP contribution < -0.4 is 0 Å². The second-order valence-electron chi connectivity index (χ2n) is 5.49. The second kappa shape index (κ2) is 5.23. The van der Waals surface area contributed by atoms with E-state index >= 15 is 0 Å². The molecular formula is C16H20O2. The number of hydrogen-bond acceptors (Lipinski definition) is 2. The molecule has 2 heteroatoms. The molecule has 0 amide bonds. The number of ketones is 1. The van der Waals surface area contributed by atoms with Crippen LogP contribution in [0.4, 0.5) is 0 Å². The molecule has 0 spiro atoms. The molecule has 1 aliphatic carbocycles. The Kier molecular flexibility index (Phi) is 3.46. The van der Waals surface area contributed by atoms with Gasteiger partial charge in [0, 0.05) is 18.1 Å². The lowest BCUT2D eigenvalue weighted by Crippen LogP contribution is -2.27. The molecule has 18 heavy (non-hydrogen) atoms. The lowest BCUT2D eigenvalue weighted by Gasteiger charge is -2.29. The smallest absolute Gasteiger partial charge is 0.168 e. The van der Waals surface area contributed by atoms with Crippen molar-refractivity contribution in [2.75, 3.05) is 13.2 Å². The van der Waals surface area contributed by atoms with Gasteiger partial charge in [-0.2, -0.15) is 0 Å². The first-order valence-corrected chi connectivity index (χ1v) is 7.07. The van der Waals surface area contributed by atoms with Crippen LogP contribution in [0.3, 0.4) is 0 Å². The Bertz CT molecular complexity index is 428. The van der Waals surface area contributed by atoms with Crippen LogP contribution in [0.2, 0.25) is 0 Å². The summed E-state index contributed by atoms with van der Waals surface area (Å²) in [6, 6.07) is 8.19. The monoisotopic (exact) mass is 244 g/mol. The minimum absolute atomic E-state index is 0.0833. The van der Waals surface area contributed by atoms with Crippen molar-refractivity contribution in [2.45, 2.75) is 38.0 Å². The summed E-state index contributed by atoms with van der Waals surface area (Å²) in [5.74, 6) is 1.01. The average Bonchev–Trinajstić information content (AvgIpc) is 2.38. The van der Waals surface area contributed by atoms with Gasteiger partial charge in [0.1, 0.15) is 0 Å². The maximum absolute atomic E-state index is 12.6. The molecule has 2 fully saturated rings. The highest BCUT2D eigenvalue weighted by Gasteiger charge is 2.28. The highest BCUT2D eigenvalue weighted by atomic mass is 16.5. The number of carbonyl (C=O) groups is 1. The lowest BCUT2D eigenvalue weighted by atomic mass is 9.76. The minimum atomic E-state index is 0.0833. The lowest BCUT2D eigenvalue weighted by molar-refractivity contribution is 0.0460. The Labute approximate surface area is 108 Å². The fraction of sp³-hybridized carbons (Fsp3) is 0.562. The highest BCUT2D eigenvalue weighted by Crippen LogP contribution is 2.38. The van der Waals surface area contributed by atoms with Crippen LogP contribution >= 0.6 is 0 Å². The number of ether oxygens (including phenoxy) is 1. The van der Waals surface area contributed by atoms with E-state index in [4.69, 9.17) is 4.74 Å². The molecule has 1 unspecified atom stereocenters. The van der Waals surface area contributed by atoms with E-state index in [2.05, 4.69) is 12.1 Å². The maximum atomic E-state index is 12.6. The van der Waals surface area contributed by atoms with E-state index in [0.29, 0.717) is 18.3 Å². The Hall–Kier alpha value is -1.15. The molecule has 96 valence electrons. The molecule has 3 rings (SSSR count). The van der Waals surface area contributed by atoms with Gasteiger partial charge < -0.3 is 4.74 Å². The first-order valence-electron chi connectivity index (χ1n) is 7.07. The van der Waals surface area contributed by atoms with Gasteiger partial charge in [0.15, 0.2) is 5.78 Å². The number of benzene rings is 1. The van der Waals surface area contributed by atoms with Gasteiger partial charge in [-0.05, 0) is 37.2 Å². The molecule has 0 N–H and O–H groups in total.